The van der Waals surface area contributed by atoms with Gasteiger partial charge in [0.15, 0.2) is 5.96 Å². The second-order valence-electron chi connectivity index (χ2n) is 6.22. The van der Waals surface area contributed by atoms with E-state index in [1.54, 1.807) is 14.2 Å². The normalized spacial score (nSPS) is 18.6. The Morgan fingerprint density at radius 3 is 2.56 bits per heavy atom. The molecule has 1 fully saturated rings. The standard InChI is InChI=1S/C18H30N4O2.HI/c1-19-18(20-12-16-6-5-11-24-16)21-13-17(22(2)3)14-7-9-15(23-4)10-8-14;/h7-10,16-17H,5-6,11-13H2,1-4H3,(H2,19,20,21);1H. The number of nitrogens with zero attached hydrogens (tertiary/aromatic N) is 2. The van der Waals surface area contributed by atoms with Gasteiger partial charge in [-0.2, -0.15) is 0 Å². The Labute approximate surface area is 168 Å². The van der Waals surface area contributed by atoms with Crippen molar-refractivity contribution < 1.29 is 9.47 Å². The number of hydrogen-bond acceptors (Lipinski definition) is 4. The van der Waals surface area contributed by atoms with Crippen molar-refractivity contribution in [3.63, 3.8) is 0 Å². The topological polar surface area (TPSA) is 58.1 Å². The lowest BCUT2D eigenvalue weighted by Gasteiger charge is -2.26. The molecule has 0 amide bonds. The highest BCUT2D eigenvalue weighted by Crippen LogP contribution is 2.20. The molecule has 0 bridgehead atoms. The third-order valence-corrected chi connectivity index (χ3v) is 4.33. The predicted molar refractivity (Wildman–Crippen MR) is 113 cm³/mol. The first-order valence-corrected chi connectivity index (χ1v) is 8.50. The quantitative estimate of drug-likeness (QED) is 0.370. The van der Waals surface area contributed by atoms with E-state index >= 15 is 0 Å². The lowest BCUT2D eigenvalue weighted by molar-refractivity contribution is 0.113. The van der Waals surface area contributed by atoms with Crippen LogP contribution in [0.4, 0.5) is 0 Å². The first-order valence-electron chi connectivity index (χ1n) is 8.50. The third kappa shape index (κ3) is 6.99. The maximum absolute atomic E-state index is 5.64. The molecule has 1 heterocycles. The average molecular weight is 462 g/mol. The van der Waals surface area contributed by atoms with Gasteiger partial charge in [0.25, 0.3) is 0 Å². The largest absolute Gasteiger partial charge is 0.497 e. The molecular weight excluding hydrogens is 431 g/mol. The molecule has 25 heavy (non-hydrogen) atoms. The Balaban J connectivity index is 0.00000312. The lowest BCUT2D eigenvalue weighted by atomic mass is 10.1. The Morgan fingerprint density at radius 2 is 2.04 bits per heavy atom. The van der Waals surface area contributed by atoms with Crippen molar-refractivity contribution in [2.45, 2.75) is 25.0 Å². The number of nitrogens with one attached hydrogen (secondary N) is 2. The van der Waals surface area contributed by atoms with Gasteiger partial charge in [-0.3, -0.25) is 4.99 Å². The van der Waals surface area contributed by atoms with E-state index in [4.69, 9.17) is 9.47 Å². The minimum atomic E-state index is 0. The second kappa shape index (κ2) is 11.5. The van der Waals surface area contributed by atoms with Gasteiger partial charge >= 0.3 is 0 Å². The zero-order valence-corrected chi connectivity index (χ0v) is 17.9. The smallest absolute Gasteiger partial charge is 0.191 e. The summed E-state index contributed by atoms with van der Waals surface area (Å²) in [5.41, 5.74) is 1.24. The number of aliphatic imine (C=N–C) groups is 1. The molecule has 0 aliphatic carbocycles. The summed E-state index contributed by atoms with van der Waals surface area (Å²) >= 11 is 0. The Hall–Kier alpha value is -1.06. The van der Waals surface area contributed by atoms with Crippen LogP contribution in [0, 0.1) is 0 Å². The Morgan fingerprint density at radius 1 is 1.32 bits per heavy atom. The molecule has 1 aromatic carbocycles. The molecule has 1 aliphatic rings. The fraction of sp³-hybridized carbons (Fsp3) is 0.611. The van der Waals surface area contributed by atoms with E-state index in [9.17, 15) is 0 Å². The Kier molecular flexibility index (Phi) is 10.1. The van der Waals surface area contributed by atoms with E-state index in [-0.39, 0.29) is 30.0 Å². The first kappa shape index (κ1) is 22.0. The van der Waals surface area contributed by atoms with Crippen LogP contribution in [0.25, 0.3) is 0 Å². The van der Waals surface area contributed by atoms with Gasteiger partial charge in [0.05, 0.1) is 19.3 Å². The maximum Gasteiger partial charge on any atom is 0.191 e. The molecule has 0 saturated carbocycles. The van der Waals surface area contributed by atoms with Crippen molar-refractivity contribution in [2.24, 2.45) is 4.99 Å². The molecule has 1 aromatic rings. The van der Waals surface area contributed by atoms with Gasteiger partial charge in [-0.1, -0.05) is 12.1 Å². The van der Waals surface area contributed by atoms with Crippen molar-refractivity contribution in [1.29, 1.82) is 0 Å². The molecule has 2 atom stereocenters. The fourth-order valence-electron chi connectivity index (χ4n) is 2.85. The summed E-state index contributed by atoms with van der Waals surface area (Å²) in [6.07, 6.45) is 2.57. The van der Waals surface area contributed by atoms with E-state index in [1.807, 2.05) is 12.1 Å². The molecule has 7 heteroatoms. The van der Waals surface area contributed by atoms with Gasteiger partial charge in [0, 0.05) is 26.7 Å². The summed E-state index contributed by atoms with van der Waals surface area (Å²) in [6, 6.07) is 8.45. The highest BCUT2D eigenvalue weighted by molar-refractivity contribution is 14.0. The molecule has 0 spiro atoms. The minimum Gasteiger partial charge on any atom is -0.497 e. The fourth-order valence-corrected chi connectivity index (χ4v) is 2.85. The summed E-state index contributed by atoms with van der Waals surface area (Å²) in [5.74, 6) is 1.68. The lowest BCUT2D eigenvalue weighted by Crippen LogP contribution is -2.44. The summed E-state index contributed by atoms with van der Waals surface area (Å²) in [7, 11) is 7.64. The van der Waals surface area contributed by atoms with E-state index in [0.717, 1.165) is 44.2 Å². The predicted octanol–water partition coefficient (Wildman–Crippen LogP) is 2.26. The molecule has 1 saturated heterocycles. The number of halogens is 1. The van der Waals surface area contributed by atoms with Crippen LogP contribution < -0.4 is 15.4 Å². The summed E-state index contributed by atoms with van der Waals surface area (Å²) in [4.78, 5) is 6.50. The SMILES string of the molecule is CN=C(NCC1CCCO1)NCC(c1ccc(OC)cc1)N(C)C.I. The van der Waals surface area contributed by atoms with E-state index in [2.05, 4.69) is 46.8 Å². The van der Waals surface area contributed by atoms with Crippen molar-refractivity contribution in [1.82, 2.24) is 15.5 Å². The number of ether oxygens (including phenoxy) is 2. The van der Waals surface area contributed by atoms with E-state index in [1.165, 1.54) is 5.56 Å². The molecule has 1 aliphatic heterocycles. The van der Waals surface area contributed by atoms with E-state index in [0.29, 0.717) is 6.10 Å². The van der Waals surface area contributed by atoms with Gasteiger partial charge in [-0.25, -0.2) is 0 Å². The van der Waals surface area contributed by atoms with Gasteiger partial charge in [-0.15, -0.1) is 24.0 Å². The number of methoxy groups -OCH3 is 1. The van der Waals surface area contributed by atoms with Crippen LogP contribution in [0.2, 0.25) is 0 Å². The van der Waals surface area contributed by atoms with Crippen LogP contribution in [0.3, 0.4) is 0 Å². The molecule has 2 unspecified atom stereocenters. The van der Waals surface area contributed by atoms with Crippen LogP contribution in [-0.2, 0) is 4.74 Å². The zero-order valence-electron chi connectivity index (χ0n) is 15.6. The number of benzene rings is 1. The number of rotatable bonds is 7. The van der Waals surface area contributed by atoms with E-state index < -0.39 is 0 Å². The number of likely N-dealkylation sites (N-methyl/N-ethyl adjacent to an activating group) is 1. The summed E-state index contributed by atoms with van der Waals surface area (Å²) in [6.45, 7) is 2.44. The van der Waals surface area contributed by atoms with Gasteiger partial charge in [0.2, 0.25) is 0 Å². The zero-order chi connectivity index (χ0) is 17.4. The Bertz CT molecular complexity index is 516. The molecule has 6 nitrogen and oxygen atoms in total. The number of guanidine groups is 1. The maximum atomic E-state index is 5.64. The van der Waals surface area contributed by atoms with Gasteiger partial charge in [-0.05, 0) is 44.6 Å². The van der Waals surface area contributed by atoms with Crippen LogP contribution >= 0.6 is 24.0 Å². The monoisotopic (exact) mass is 462 g/mol. The van der Waals surface area contributed by atoms with Crippen LogP contribution in [0.15, 0.2) is 29.3 Å². The first-order chi connectivity index (χ1) is 11.6. The summed E-state index contributed by atoms with van der Waals surface area (Å²) in [5, 5.41) is 6.76. The van der Waals surface area contributed by atoms with Crippen molar-refractivity contribution in [3.05, 3.63) is 29.8 Å². The molecule has 2 rings (SSSR count). The summed E-state index contributed by atoms with van der Waals surface area (Å²) < 4.78 is 10.9. The average Bonchev–Trinajstić information content (AvgIpc) is 3.11. The molecule has 2 N–H and O–H groups in total. The van der Waals surface area contributed by atoms with Crippen molar-refractivity contribution in [3.8, 4) is 5.75 Å². The minimum absolute atomic E-state index is 0. The second-order valence-corrected chi connectivity index (χ2v) is 6.22. The van der Waals surface area contributed by atoms with Gasteiger partial charge in [0.1, 0.15) is 5.75 Å². The number of hydrogen-bond donors (Lipinski definition) is 2. The van der Waals surface area contributed by atoms with Crippen LogP contribution in [0.1, 0.15) is 24.4 Å². The molecule has 0 radical (unpaired) electrons. The van der Waals surface area contributed by atoms with Crippen LogP contribution in [0.5, 0.6) is 5.75 Å². The van der Waals surface area contributed by atoms with Crippen LogP contribution in [-0.4, -0.2) is 64.9 Å². The molecule has 142 valence electrons. The van der Waals surface area contributed by atoms with Crippen molar-refractivity contribution >= 4 is 29.9 Å². The highest BCUT2D eigenvalue weighted by Gasteiger charge is 2.17. The third-order valence-electron chi connectivity index (χ3n) is 4.33. The molecule has 0 aromatic heterocycles. The highest BCUT2D eigenvalue weighted by atomic mass is 127. The molecular formula is C18H31IN4O2. The van der Waals surface area contributed by atoms with Crippen molar-refractivity contribution in [2.75, 3.05) is 47.9 Å². The van der Waals surface area contributed by atoms with Gasteiger partial charge < -0.3 is 25.0 Å².